The zero-order valence-electron chi connectivity index (χ0n) is 15.0. The van der Waals surface area contributed by atoms with E-state index in [0.29, 0.717) is 0 Å². The van der Waals surface area contributed by atoms with Crippen LogP contribution in [0.1, 0.15) is 12.0 Å². The average Bonchev–Trinajstić information content (AvgIpc) is 2.68. The molecule has 0 aliphatic carbocycles. The maximum atomic E-state index is 3.51. The third-order valence-corrected chi connectivity index (χ3v) is 5.60. The van der Waals surface area contributed by atoms with E-state index in [2.05, 4.69) is 107 Å². The Labute approximate surface area is 163 Å². The van der Waals surface area contributed by atoms with E-state index in [0.717, 1.165) is 23.9 Å². The predicted molar refractivity (Wildman–Crippen MR) is 117 cm³/mol. The SMILES string of the molecule is CN(CCCc1c2ccccc2cc2ccccc12)c1ccc(Br)cc1. The summed E-state index contributed by atoms with van der Waals surface area (Å²) in [6, 6.07) is 28.3. The zero-order valence-corrected chi connectivity index (χ0v) is 16.5. The van der Waals surface area contributed by atoms with Gasteiger partial charge in [0, 0.05) is 23.8 Å². The zero-order chi connectivity index (χ0) is 17.9. The molecule has 0 N–H and O–H groups in total. The number of benzene rings is 4. The first kappa shape index (κ1) is 17.1. The normalized spacial score (nSPS) is 11.2. The van der Waals surface area contributed by atoms with Gasteiger partial charge in [0.1, 0.15) is 0 Å². The van der Waals surface area contributed by atoms with Crippen LogP contribution < -0.4 is 4.90 Å². The Bertz CT molecular complexity index is 983. The van der Waals surface area contributed by atoms with Crippen molar-refractivity contribution in [1.29, 1.82) is 0 Å². The second-order valence-corrected chi connectivity index (χ2v) is 7.71. The summed E-state index contributed by atoms with van der Waals surface area (Å²) in [4.78, 5) is 2.33. The van der Waals surface area contributed by atoms with Gasteiger partial charge in [0.25, 0.3) is 0 Å². The van der Waals surface area contributed by atoms with E-state index in [1.807, 2.05) is 0 Å². The highest BCUT2D eigenvalue weighted by Crippen LogP contribution is 2.29. The summed E-state index contributed by atoms with van der Waals surface area (Å²) >= 11 is 3.51. The van der Waals surface area contributed by atoms with Crippen LogP contribution in [0, 0.1) is 0 Å². The molecular formula is C24H22BrN. The highest BCUT2D eigenvalue weighted by atomic mass is 79.9. The van der Waals surface area contributed by atoms with Crippen molar-refractivity contribution in [2.45, 2.75) is 12.8 Å². The van der Waals surface area contributed by atoms with Gasteiger partial charge >= 0.3 is 0 Å². The van der Waals surface area contributed by atoms with Crippen LogP contribution >= 0.6 is 15.9 Å². The van der Waals surface area contributed by atoms with E-state index in [1.54, 1.807) is 0 Å². The Morgan fingerprint density at radius 2 is 1.35 bits per heavy atom. The van der Waals surface area contributed by atoms with Gasteiger partial charge in [-0.3, -0.25) is 0 Å². The first-order chi connectivity index (χ1) is 12.7. The molecule has 1 nitrogen and oxygen atoms in total. The summed E-state index contributed by atoms with van der Waals surface area (Å²) in [6.07, 6.45) is 2.22. The van der Waals surface area contributed by atoms with E-state index in [-0.39, 0.29) is 0 Å². The minimum absolute atomic E-state index is 1.04. The van der Waals surface area contributed by atoms with E-state index in [9.17, 15) is 0 Å². The van der Waals surface area contributed by atoms with Gasteiger partial charge in [-0.2, -0.15) is 0 Å². The van der Waals surface area contributed by atoms with Crippen LogP contribution in [0.3, 0.4) is 0 Å². The molecule has 0 saturated heterocycles. The Hall–Kier alpha value is -2.32. The third-order valence-electron chi connectivity index (χ3n) is 5.07. The fourth-order valence-electron chi connectivity index (χ4n) is 3.70. The standard InChI is InChI=1S/C24H22BrN/c1-26(21-14-12-20(25)13-15-21)16-6-11-24-22-9-4-2-7-18(22)17-19-8-3-5-10-23(19)24/h2-5,7-10,12-15,17H,6,11,16H2,1H3. The predicted octanol–water partition coefficient (Wildman–Crippen LogP) is 6.82. The highest BCUT2D eigenvalue weighted by molar-refractivity contribution is 9.10. The van der Waals surface area contributed by atoms with Crippen molar-refractivity contribution in [2.75, 3.05) is 18.5 Å². The average molecular weight is 404 g/mol. The third kappa shape index (κ3) is 3.47. The molecule has 0 atom stereocenters. The van der Waals surface area contributed by atoms with Crippen molar-refractivity contribution in [3.05, 3.63) is 88.9 Å². The molecule has 4 aromatic rings. The number of anilines is 1. The van der Waals surface area contributed by atoms with Crippen molar-refractivity contribution < 1.29 is 0 Å². The van der Waals surface area contributed by atoms with E-state index < -0.39 is 0 Å². The topological polar surface area (TPSA) is 3.24 Å². The van der Waals surface area contributed by atoms with Crippen LogP contribution in [0.5, 0.6) is 0 Å². The molecular weight excluding hydrogens is 382 g/mol. The lowest BCUT2D eigenvalue weighted by Crippen LogP contribution is -2.18. The molecule has 26 heavy (non-hydrogen) atoms. The second kappa shape index (κ2) is 7.51. The van der Waals surface area contributed by atoms with Crippen LogP contribution in [-0.4, -0.2) is 13.6 Å². The fraction of sp³-hybridized carbons (Fsp3) is 0.167. The van der Waals surface area contributed by atoms with Gasteiger partial charge in [-0.05, 0) is 70.3 Å². The lowest BCUT2D eigenvalue weighted by molar-refractivity contribution is 0.791. The van der Waals surface area contributed by atoms with Crippen molar-refractivity contribution >= 4 is 43.2 Å². The van der Waals surface area contributed by atoms with Gasteiger partial charge in [0.05, 0.1) is 0 Å². The van der Waals surface area contributed by atoms with Crippen molar-refractivity contribution in [3.8, 4) is 0 Å². The maximum Gasteiger partial charge on any atom is 0.0364 e. The van der Waals surface area contributed by atoms with Crippen LogP contribution in [0.2, 0.25) is 0 Å². The minimum atomic E-state index is 1.04. The molecule has 0 heterocycles. The van der Waals surface area contributed by atoms with Crippen molar-refractivity contribution in [3.63, 3.8) is 0 Å². The van der Waals surface area contributed by atoms with Crippen LogP contribution in [0.4, 0.5) is 5.69 Å². The lowest BCUT2D eigenvalue weighted by atomic mass is 9.94. The Balaban J connectivity index is 1.59. The molecule has 0 aromatic heterocycles. The maximum absolute atomic E-state index is 3.51. The number of halogens is 1. The molecule has 0 bridgehead atoms. The number of hydrogen-bond acceptors (Lipinski definition) is 1. The van der Waals surface area contributed by atoms with Gasteiger partial charge in [-0.15, -0.1) is 0 Å². The quantitative estimate of drug-likeness (QED) is 0.330. The largest absolute Gasteiger partial charge is 0.375 e. The molecule has 0 saturated carbocycles. The van der Waals surface area contributed by atoms with Gasteiger partial charge in [-0.25, -0.2) is 0 Å². The molecule has 0 aliphatic heterocycles. The summed E-state index contributed by atoms with van der Waals surface area (Å²) in [5, 5.41) is 5.44. The van der Waals surface area contributed by atoms with Gasteiger partial charge in [-0.1, -0.05) is 64.5 Å². The summed E-state index contributed by atoms with van der Waals surface area (Å²) < 4.78 is 1.12. The molecule has 0 aliphatic rings. The van der Waals surface area contributed by atoms with Crippen LogP contribution in [-0.2, 0) is 6.42 Å². The molecule has 130 valence electrons. The van der Waals surface area contributed by atoms with Gasteiger partial charge in [0.15, 0.2) is 0 Å². The van der Waals surface area contributed by atoms with Gasteiger partial charge < -0.3 is 4.90 Å². The first-order valence-electron chi connectivity index (χ1n) is 9.08. The number of nitrogens with zero attached hydrogens (tertiary/aromatic N) is 1. The lowest BCUT2D eigenvalue weighted by Gasteiger charge is -2.20. The second-order valence-electron chi connectivity index (χ2n) is 6.80. The van der Waals surface area contributed by atoms with Gasteiger partial charge in [0.2, 0.25) is 0 Å². The number of hydrogen-bond donors (Lipinski definition) is 0. The highest BCUT2D eigenvalue weighted by Gasteiger charge is 2.08. The Kier molecular flexibility index (Phi) is 4.94. The number of rotatable bonds is 5. The molecule has 0 unspecified atom stereocenters. The smallest absolute Gasteiger partial charge is 0.0364 e. The molecule has 4 rings (SSSR count). The number of fused-ring (bicyclic) bond motifs is 2. The fourth-order valence-corrected chi connectivity index (χ4v) is 3.96. The monoisotopic (exact) mass is 403 g/mol. The minimum Gasteiger partial charge on any atom is -0.375 e. The van der Waals surface area contributed by atoms with E-state index in [1.165, 1.54) is 32.8 Å². The van der Waals surface area contributed by atoms with Crippen LogP contribution in [0.25, 0.3) is 21.5 Å². The Morgan fingerprint density at radius 3 is 1.96 bits per heavy atom. The number of aryl methyl sites for hydroxylation is 1. The summed E-state index contributed by atoms with van der Waals surface area (Å²) in [5.74, 6) is 0. The molecule has 0 spiro atoms. The summed E-state index contributed by atoms with van der Waals surface area (Å²) in [6.45, 7) is 1.04. The Morgan fingerprint density at radius 1 is 0.769 bits per heavy atom. The van der Waals surface area contributed by atoms with E-state index >= 15 is 0 Å². The van der Waals surface area contributed by atoms with Crippen LogP contribution in [0.15, 0.2) is 83.3 Å². The van der Waals surface area contributed by atoms with Crippen molar-refractivity contribution in [2.24, 2.45) is 0 Å². The summed E-state index contributed by atoms with van der Waals surface area (Å²) in [7, 11) is 2.17. The molecule has 4 aromatic carbocycles. The molecule has 0 fully saturated rings. The molecule has 0 amide bonds. The van der Waals surface area contributed by atoms with E-state index in [4.69, 9.17) is 0 Å². The first-order valence-corrected chi connectivity index (χ1v) is 9.88. The molecule has 0 radical (unpaired) electrons. The molecule has 2 heteroatoms. The summed E-state index contributed by atoms with van der Waals surface area (Å²) in [5.41, 5.74) is 2.74. The van der Waals surface area contributed by atoms with Crippen molar-refractivity contribution in [1.82, 2.24) is 0 Å².